The van der Waals surface area contributed by atoms with Crippen molar-refractivity contribution in [3.8, 4) is 0 Å². The molecule has 0 heterocycles. The summed E-state index contributed by atoms with van der Waals surface area (Å²) in [4.78, 5) is 2.11. The molecule has 2 N–H and O–H groups in total. The Morgan fingerprint density at radius 1 is 1.33 bits per heavy atom. The van der Waals surface area contributed by atoms with Crippen molar-refractivity contribution < 1.29 is 4.39 Å². The monoisotopic (exact) mass is 250 g/mol. The molecule has 0 aromatic heterocycles. The Labute approximate surface area is 109 Å². The molecule has 1 aromatic rings. The predicted molar refractivity (Wildman–Crippen MR) is 74.1 cm³/mol. The Morgan fingerprint density at radius 3 is 2.72 bits per heavy atom. The van der Waals surface area contributed by atoms with Gasteiger partial charge in [-0.05, 0) is 30.4 Å². The van der Waals surface area contributed by atoms with Gasteiger partial charge in [-0.3, -0.25) is 0 Å². The van der Waals surface area contributed by atoms with E-state index in [4.69, 9.17) is 5.73 Å². The first-order valence-electron chi connectivity index (χ1n) is 6.85. The highest BCUT2D eigenvalue weighted by molar-refractivity contribution is 5.55. The van der Waals surface area contributed by atoms with Gasteiger partial charge in [0.2, 0.25) is 0 Å². The number of nitrogens with two attached hydrogens (primary N) is 1. The molecule has 0 spiro atoms. The average Bonchev–Trinajstić information content (AvgIpc) is 2.38. The van der Waals surface area contributed by atoms with Crippen LogP contribution in [0.25, 0.3) is 0 Å². The summed E-state index contributed by atoms with van der Waals surface area (Å²) in [6, 6.07) is 5.61. The molecule has 100 valence electrons. The first-order valence-corrected chi connectivity index (χ1v) is 6.85. The summed E-state index contributed by atoms with van der Waals surface area (Å²) < 4.78 is 14.1. The Kier molecular flexibility index (Phi) is 4.23. The van der Waals surface area contributed by atoms with E-state index in [1.165, 1.54) is 25.3 Å². The van der Waals surface area contributed by atoms with E-state index in [-0.39, 0.29) is 5.82 Å². The molecule has 0 saturated heterocycles. The highest BCUT2D eigenvalue weighted by Gasteiger charge is 2.27. The summed E-state index contributed by atoms with van der Waals surface area (Å²) in [5, 5.41) is 0. The zero-order chi connectivity index (χ0) is 13.1. The number of hydrogen-bond acceptors (Lipinski definition) is 2. The number of anilines is 1. The molecule has 0 bridgehead atoms. The maximum Gasteiger partial charge on any atom is 0.146 e. The highest BCUT2D eigenvalue weighted by Crippen LogP contribution is 2.33. The first kappa shape index (κ1) is 13.3. The number of halogens is 1. The zero-order valence-electron chi connectivity index (χ0n) is 11.3. The third-order valence-electron chi connectivity index (χ3n) is 4.21. The summed E-state index contributed by atoms with van der Waals surface area (Å²) in [5.41, 5.74) is 7.32. The Bertz CT molecular complexity index is 405. The van der Waals surface area contributed by atoms with Gasteiger partial charge in [-0.15, -0.1) is 0 Å². The number of benzene rings is 1. The number of hydrogen-bond donors (Lipinski definition) is 1. The molecular formula is C15H23FN2. The topological polar surface area (TPSA) is 29.3 Å². The lowest BCUT2D eigenvalue weighted by molar-refractivity contribution is 0.320. The Hall–Kier alpha value is -1.09. The van der Waals surface area contributed by atoms with E-state index in [2.05, 4.69) is 11.8 Å². The van der Waals surface area contributed by atoms with Crippen molar-refractivity contribution in [2.24, 2.45) is 11.7 Å². The van der Waals surface area contributed by atoms with Crippen LogP contribution in [0.5, 0.6) is 0 Å². The lowest BCUT2D eigenvalue weighted by Gasteiger charge is -2.38. The van der Waals surface area contributed by atoms with Crippen LogP contribution < -0.4 is 10.6 Å². The molecule has 1 aliphatic rings. The molecule has 1 fully saturated rings. The molecule has 0 radical (unpaired) electrons. The minimum atomic E-state index is -0.154. The van der Waals surface area contributed by atoms with Gasteiger partial charge in [0.25, 0.3) is 0 Å². The molecule has 0 aliphatic heterocycles. The molecule has 2 atom stereocenters. The molecule has 2 unspecified atom stereocenters. The minimum absolute atomic E-state index is 0.154. The SMILES string of the molecule is CC1CCCCC1N(C)c1c(F)cccc1CN. The third-order valence-corrected chi connectivity index (χ3v) is 4.21. The molecule has 2 rings (SSSR count). The number of rotatable bonds is 3. The highest BCUT2D eigenvalue weighted by atomic mass is 19.1. The second-order valence-corrected chi connectivity index (χ2v) is 5.39. The van der Waals surface area contributed by atoms with Crippen LogP contribution in [0.15, 0.2) is 18.2 Å². The lowest BCUT2D eigenvalue weighted by atomic mass is 9.84. The van der Waals surface area contributed by atoms with Gasteiger partial charge in [0.1, 0.15) is 5.82 Å². The van der Waals surface area contributed by atoms with Gasteiger partial charge in [-0.1, -0.05) is 31.9 Å². The van der Waals surface area contributed by atoms with Crippen molar-refractivity contribution in [1.82, 2.24) is 0 Å². The molecule has 2 nitrogen and oxygen atoms in total. The van der Waals surface area contributed by atoms with Crippen molar-refractivity contribution in [3.63, 3.8) is 0 Å². The van der Waals surface area contributed by atoms with Crippen LogP contribution in [0.3, 0.4) is 0 Å². The van der Waals surface area contributed by atoms with Crippen LogP contribution in [0, 0.1) is 11.7 Å². The Balaban J connectivity index is 2.29. The standard InChI is InChI=1S/C15H23FN2/c1-11-6-3-4-9-14(11)18(2)15-12(10-17)7-5-8-13(15)16/h5,7-8,11,14H,3-4,6,9-10,17H2,1-2H3. The van der Waals surface area contributed by atoms with Crippen molar-refractivity contribution in [2.75, 3.05) is 11.9 Å². The summed E-state index contributed by atoms with van der Waals surface area (Å²) in [7, 11) is 2.00. The fourth-order valence-corrected chi connectivity index (χ4v) is 3.16. The van der Waals surface area contributed by atoms with E-state index in [1.54, 1.807) is 6.07 Å². The van der Waals surface area contributed by atoms with Crippen LogP contribution in [-0.2, 0) is 6.54 Å². The second-order valence-electron chi connectivity index (χ2n) is 5.39. The molecule has 18 heavy (non-hydrogen) atoms. The summed E-state index contributed by atoms with van der Waals surface area (Å²) >= 11 is 0. The lowest BCUT2D eigenvalue weighted by Crippen LogP contribution is -2.40. The van der Waals surface area contributed by atoms with Crippen LogP contribution in [-0.4, -0.2) is 13.1 Å². The quantitative estimate of drug-likeness (QED) is 0.892. The third kappa shape index (κ3) is 2.51. The van der Waals surface area contributed by atoms with Crippen LogP contribution in [0.1, 0.15) is 38.2 Å². The van der Waals surface area contributed by atoms with Crippen molar-refractivity contribution in [3.05, 3.63) is 29.6 Å². The maximum absolute atomic E-state index is 14.1. The largest absolute Gasteiger partial charge is 0.369 e. The minimum Gasteiger partial charge on any atom is -0.369 e. The number of para-hydroxylation sites is 1. The fourth-order valence-electron chi connectivity index (χ4n) is 3.16. The first-order chi connectivity index (χ1) is 8.65. The summed E-state index contributed by atoms with van der Waals surface area (Å²) in [5.74, 6) is 0.465. The van der Waals surface area contributed by atoms with Gasteiger partial charge in [-0.25, -0.2) is 4.39 Å². The smallest absolute Gasteiger partial charge is 0.146 e. The molecule has 1 saturated carbocycles. The summed E-state index contributed by atoms with van der Waals surface area (Å²) in [6.07, 6.45) is 4.93. The number of nitrogens with zero attached hydrogens (tertiary/aromatic N) is 1. The predicted octanol–water partition coefficient (Wildman–Crippen LogP) is 3.30. The van der Waals surface area contributed by atoms with Crippen molar-refractivity contribution in [2.45, 2.75) is 45.2 Å². The normalized spacial score (nSPS) is 24.0. The van der Waals surface area contributed by atoms with Crippen LogP contribution >= 0.6 is 0 Å². The van der Waals surface area contributed by atoms with Crippen LogP contribution in [0.2, 0.25) is 0 Å². The zero-order valence-corrected chi connectivity index (χ0v) is 11.3. The second kappa shape index (κ2) is 5.70. The van der Waals surface area contributed by atoms with E-state index in [9.17, 15) is 4.39 Å². The molecule has 1 aromatic carbocycles. The van der Waals surface area contributed by atoms with E-state index in [1.807, 2.05) is 13.1 Å². The van der Waals surface area contributed by atoms with Gasteiger partial charge in [0, 0.05) is 19.6 Å². The maximum atomic E-state index is 14.1. The van der Waals surface area contributed by atoms with Crippen LogP contribution in [0.4, 0.5) is 10.1 Å². The summed E-state index contributed by atoms with van der Waals surface area (Å²) in [6.45, 7) is 2.65. The van der Waals surface area contributed by atoms with Gasteiger partial charge in [0.15, 0.2) is 0 Å². The van der Waals surface area contributed by atoms with E-state index in [0.29, 0.717) is 24.2 Å². The van der Waals surface area contributed by atoms with Gasteiger partial charge >= 0.3 is 0 Å². The van der Waals surface area contributed by atoms with Gasteiger partial charge in [0.05, 0.1) is 5.69 Å². The molecular weight excluding hydrogens is 227 g/mol. The molecule has 0 amide bonds. The van der Waals surface area contributed by atoms with Gasteiger partial charge < -0.3 is 10.6 Å². The van der Waals surface area contributed by atoms with Crippen molar-refractivity contribution >= 4 is 5.69 Å². The van der Waals surface area contributed by atoms with E-state index >= 15 is 0 Å². The fraction of sp³-hybridized carbons (Fsp3) is 0.600. The Morgan fingerprint density at radius 2 is 2.06 bits per heavy atom. The average molecular weight is 250 g/mol. The van der Waals surface area contributed by atoms with E-state index in [0.717, 1.165) is 12.0 Å². The van der Waals surface area contributed by atoms with Crippen molar-refractivity contribution in [1.29, 1.82) is 0 Å². The molecule has 1 aliphatic carbocycles. The van der Waals surface area contributed by atoms with E-state index < -0.39 is 0 Å². The van der Waals surface area contributed by atoms with Gasteiger partial charge in [-0.2, -0.15) is 0 Å². The molecule has 3 heteroatoms.